The maximum atomic E-state index is 12.3. The molecular formula is C14H24N4O3. The first-order chi connectivity index (χ1) is 10.2. The molecule has 118 valence electrons. The lowest BCUT2D eigenvalue weighted by atomic mass is 10.3. The lowest BCUT2D eigenvalue weighted by Gasteiger charge is -2.15. The molecule has 0 aromatic carbocycles. The number of carbonyl (C=O) groups is 1. The molecule has 7 heteroatoms. The van der Waals surface area contributed by atoms with Crippen molar-refractivity contribution in [3.63, 3.8) is 0 Å². The number of aryl methyl sites for hydroxylation is 1. The van der Waals surface area contributed by atoms with Crippen LogP contribution in [0.2, 0.25) is 0 Å². The monoisotopic (exact) mass is 296 g/mol. The third-order valence-electron chi connectivity index (χ3n) is 3.46. The summed E-state index contributed by atoms with van der Waals surface area (Å²) in [4.78, 5) is 14.0. The van der Waals surface area contributed by atoms with Gasteiger partial charge in [0.15, 0.2) is 5.69 Å². The Labute approximate surface area is 125 Å². The number of nitrogens with zero attached hydrogens (tertiary/aromatic N) is 3. The molecule has 7 nitrogen and oxygen atoms in total. The molecule has 2 rings (SSSR count). The number of aromatic nitrogens is 2. The number of ether oxygens (including phenoxy) is 2. The Bertz CT molecular complexity index is 438. The fourth-order valence-corrected chi connectivity index (χ4v) is 2.21. The van der Waals surface area contributed by atoms with E-state index in [9.17, 15) is 4.79 Å². The van der Waals surface area contributed by atoms with Crippen LogP contribution >= 0.6 is 0 Å². The zero-order valence-electron chi connectivity index (χ0n) is 12.8. The average molecular weight is 296 g/mol. The Morgan fingerprint density at radius 2 is 2.33 bits per heavy atom. The first kappa shape index (κ1) is 15.9. The van der Waals surface area contributed by atoms with Crippen LogP contribution in [0, 0.1) is 0 Å². The number of carbonyl (C=O) groups excluding carboxylic acids is 1. The quantitative estimate of drug-likeness (QED) is 0.723. The van der Waals surface area contributed by atoms with Gasteiger partial charge in [-0.1, -0.05) is 0 Å². The van der Waals surface area contributed by atoms with Gasteiger partial charge in [0.25, 0.3) is 5.91 Å². The highest BCUT2D eigenvalue weighted by Gasteiger charge is 2.18. The van der Waals surface area contributed by atoms with Crippen LogP contribution < -0.4 is 5.32 Å². The summed E-state index contributed by atoms with van der Waals surface area (Å²) in [6.45, 7) is 4.78. The predicted molar refractivity (Wildman–Crippen MR) is 78.2 cm³/mol. The maximum absolute atomic E-state index is 12.3. The van der Waals surface area contributed by atoms with E-state index in [1.165, 1.54) is 0 Å². The Morgan fingerprint density at radius 3 is 3.14 bits per heavy atom. The summed E-state index contributed by atoms with van der Waals surface area (Å²) < 4.78 is 12.2. The highest BCUT2D eigenvalue weighted by Crippen LogP contribution is 2.10. The van der Waals surface area contributed by atoms with E-state index < -0.39 is 0 Å². The molecule has 1 aromatic heterocycles. The average Bonchev–Trinajstić information content (AvgIpc) is 2.77. The Kier molecular flexibility index (Phi) is 6.16. The van der Waals surface area contributed by atoms with Crippen LogP contribution in [0.4, 0.5) is 0 Å². The summed E-state index contributed by atoms with van der Waals surface area (Å²) in [6, 6.07) is 1.88. The maximum Gasteiger partial charge on any atom is 0.274 e. The molecule has 1 aliphatic rings. The summed E-state index contributed by atoms with van der Waals surface area (Å²) in [6.07, 6.45) is 1.03. The topological polar surface area (TPSA) is 68.6 Å². The van der Waals surface area contributed by atoms with Crippen LogP contribution in [0.3, 0.4) is 0 Å². The van der Waals surface area contributed by atoms with Crippen molar-refractivity contribution < 1.29 is 14.3 Å². The van der Waals surface area contributed by atoms with E-state index in [0.29, 0.717) is 32.1 Å². The van der Waals surface area contributed by atoms with Crippen molar-refractivity contribution in [2.45, 2.75) is 19.5 Å². The minimum Gasteiger partial charge on any atom is -0.382 e. The molecule has 0 fully saturated rings. The summed E-state index contributed by atoms with van der Waals surface area (Å²) in [5.74, 6) is -0.0640. The van der Waals surface area contributed by atoms with Crippen LogP contribution in [0.15, 0.2) is 6.07 Å². The second-order valence-electron chi connectivity index (χ2n) is 5.11. The van der Waals surface area contributed by atoms with E-state index in [2.05, 4.69) is 10.4 Å². The van der Waals surface area contributed by atoms with Gasteiger partial charge in [0.2, 0.25) is 0 Å². The smallest absolute Gasteiger partial charge is 0.274 e. The fourth-order valence-electron chi connectivity index (χ4n) is 2.21. The summed E-state index contributed by atoms with van der Waals surface area (Å²) in [5, 5.41) is 7.74. The molecule has 0 spiro atoms. The normalized spacial score (nSPS) is 14.6. The van der Waals surface area contributed by atoms with Crippen molar-refractivity contribution in [1.29, 1.82) is 0 Å². The number of hydrogen-bond donors (Lipinski definition) is 1. The summed E-state index contributed by atoms with van der Waals surface area (Å²) in [7, 11) is 3.40. The number of likely N-dealkylation sites (N-methyl/N-ethyl adjacent to an activating group) is 1. The molecule has 0 unspecified atom stereocenters. The summed E-state index contributed by atoms with van der Waals surface area (Å²) >= 11 is 0. The highest BCUT2D eigenvalue weighted by molar-refractivity contribution is 5.92. The van der Waals surface area contributed by atoms with Crippen molar-refractivity contribution in [3.05, 3.63) is 17.5 Å². The lowest BCUT2D eigenvalue weighted by Crippen LogP contribution is -2.30. The third kappa shape index (κ3) is 4.52. The van der Waals surface area contributed by atoms with Crippen molar-refractivity contribution in [1.82, 2.24) is 20.0 Å². The molecule has 0 aliphatic carbocycles. The van der Waals surface area contributed by atoms with Crippen molar-refractivity contribution in [2.24, 2.45) is 0 Å². The SMILES string of the molecule is COCCOCCN(C)C(=O)c1cc2n(n1)CCCNC2. The van der Waals surface area contributed by atoms with E-state index in [-0.39, 0.29) is 5.91 Å². The van der Waals surface area contributed by atoms with Gasteiger partial charge in [-0.3, -0.25) is 9.48 Å². The number of rotatable bonds is 7. The number of hydrogen-bond acceptors (Lipinski definition) is 5. The third-order valence-corrected chi connectivity index (χ3v) is 3.46. The van der Waals surface area contributed by atoms with Crippen LogP contribution in [0.1, 0.15) is 22.6 Å². The van der Waals surface area contributed by atoms with E-state index in [4.69, 9.17) is 9.47 Å². The van der Waals surface area contributed by atoms with Gasteiger partial charge in [0, 0.05) is 33.8 Å². The van der Waals surface area contributed by atoms with Gasteiger partial charge in [-0.05, 0) is 19.0 Å². The lowest BCUT2D eigenvalue weighted by molar-refractivity contribution is 0.0528. The van der Waals surface area contributed by atoms with E-state index in [1.807, 2.05) is 10.7 Å². The van der Waals surface area contributed by atoms with Gasteiger partial charge in [0.05, 0.1) is 25.5 Å². The van der Waals surface area contributed by atoms with Crippen molar-refractivity contribution >= 4 is 5.91 Å². The molecule has 1 aliphatic heterocycles. The first-order valence-electron chi connectivity index (χ1n) is 7.32. The van der Waals surface area contributed by atoms with Gasteiger partial charge >= 0.3 is 0 Å². The molecular weight excluding hydrogens is 272 g/mol. The largest absolute Gasteiger partial charge is 0.382 e. The Hall–Kier alpha value is -1.44. The van der Waals surface area contributed by atoms with Gasteiger partial charge in [-0.2, -0.15) is 5.10 Å². The van der Waals surface area contributed by atoms with Crippen molar-refractivity contribution in [2.75, 3.05) is 47.1 Å². The Morgan fingerprint density at radius 1 is 1.48 bits per heavy atom. The summed E-state index contributed by atoms with van der Waals surface area (Å²) in [5.41, 5.74) is 1.58. The van der Waals surface area contributed by atoms with Crippen LogP contribution in [0.5, 0.6) is 0 Å². The number of fused-ring (bicyclic) bond motifs is 1. The Balaban J connectivity index is 1.84. The molecule has 1 amide bonds. The minimum atomic E-state index is -0.0640. The van der Waals surface area contributed by atoms with Crippen LogP contribution in [-0.4, -0.2) is 67.7 Å². The first-order valence-corrected chi connectivity index (χ1v) is 7.32. The zero-order chi connectivity index (χ0) is 15.1. The predicted octanol–water partition coefficient (Wildman–Crippen LogP) is 0.111. The molecule has 0 bridgehead atoms. The van der Waals surface area contributed by atoms with E-state index in [0.717, 1.165) is 31.7 Å². The van der Waals surface area contributed by atoms with E-state index in [1.54, 1.807) is 19.1 Å². The molecule has 2 heterocycles. The van der Waals surface area contributed by atoms with E-state index >= 15 is 0 Å². The van der Waals surface area contributed by atoms with Crippen molar-refractivity contribution in [3.8, 4) is 0 Å². The molecule has 0 radical (unpaired) electrons. The molecule has 0 atom stereocenters. The van der Waals surface area contributed by atoms with Gasteiger partial charge in [-0.15, -0.1) is 0 Å². The van der Waals surface area contributed by atoms with Gasteiger partial charge in [-0.25, -0.2) is 0 Å². The highest BCUT2D eigenvalue weighted by atomic mass is 16.5. The molecule has 0 saturated carbocycles. The molecule has 1 aromatic rings. The molecule has 0 saturated heterocycles. The second-order valence-corrected chi connectivity index (χ2v) is 5.11. The molecule has 21 heavy (non-hydrogen) atoms. The fraction of sp³-hybridized carbons (Fsp3) is 0.714. The second kappa shape index (κ2) is 8.11. The van der Waals surface area contributed by atoms with Crippen LogP contribution in [-0.2, 0) is 22.6 Å². The zero-order valence-corrected chi connectivity index (χ0v) is 12.8. The minimum absolute atomic E-state index is 0.0640. The standard InChI is InChI=1S/C14H24N4O3/c1-17(6-7-21-9-8-20-2)14(19)13-10-12-11-15-4-3-5-18(12)16-13/h10,15H,3-9,11H2,1-2H3. The van der Waals surface area contributed by atoms with Gasteiger partial charge in [0.1, 0.15) is 0 Å². The number of methoxy groups -OCH3 is 1. The number of amides is 1. The van der Waals surface area contributed by atoms with Gasteiger partial charge < -0.3 is 19.7 Å². The van der Waals surface area contributed by atoms with Crippen LogP contribution in [0.25, 0.3) is 0 Å². The molecule has 1 N–H and O–H groups in total. The number of nitrogens with one attached hydrogen (secondary N) is 1.